The van der Waals surface area contributed by atoms with E-state index < -0.39 is 30.2 Å². The van der Waals surface area contributed by atoms with E-state index in [1.165, 1.54) is 0 Å². The second-order valence-electron chi connectivity index (χ2n) is 2.57. The van der Waals surface area contributed by atoms with Crippen LogP contribution in [0.4, 0.5) is 0 Å². The number of hydrogen-bond donors (Lipinski definition) is 1. The Labute approximate surface area is 83.3 Å². The minimum absolute atomic E-state index is 0. The molecular weight excluding hydrogens is 260 g/mol. The van der Waals surface area contributed by atoms with E-state index in [0.717, 1.165) is 0 Å². The predicted octanol–water partition coefficient (Wildman–Crippen LogP) is -1.83. The molecule has 1 rings (SSSR count). The zero-order valence-electron chi connectivity index (χ0n) is 5.80. The fraction of sp³-hybridized carbons (Fsp3) is 0.500. The molecule has 0 unspecified atom stereocenters. The van der Waals surface area contributed by atoms with Gasteiger partial charge in [0.1, 0.15) is 11.2 Å². The van der Waals surface area contributed by atoms with Gasteiger partial charge in [-0.15, -0.1) is 0 Å². The van der Waals surface area contributed by atoms with Gasteiger partial charge in [-0.05, 0) is 0 Å². The quantitative estimate of drug-likeness (QED) is 0.468. The third kappa shape index (κ3) is 1.43. The average molecular weight is 265 g/mol. The molecule has 0 bridgehead atoms. The molecule has 70 valence electrons. The Bertz CT molecular complexity index is 222. The van der Waals surface area contributed by atoms with E-state index in [-0.39, 0.29) is 28.2 Å². The van der Waals surface area contributed by atoms with Gasteiger partial charge in [0.05, 0.1) is 5.97 Å². The molecular formula is C6H5AgO5. The van der Waals surface area contributed by atoms with Gasteiger partial charge in [-0.1, -0.05) is 0 Å². The molecule has 5 nitrogen and oxygen atoms in total. The van der Waals surface area contributed by atoms with Gasteiger partial charge in [0.15, 0.2) is 0 Å². The largest absolute Gasteiger partial charge is 1.00 e. The third-order valence-electron chi connectivity index (χ3n) is 1.80. The first-order valence-electron chi connectivity index (χ1n) is 2.95. The minimum Gasteiger partial charge on any atom is -0.549 e. The number of carboxylic acids is 2. The van der Waals surface area contributed by atoms with Gasteiger partial charge in [-0.3, -0.25) is 9.59 Å². The molecule has 0 amide bonds. The fourth-order valence-electron chi connectivity index (χ4n) is 1.00. The van der Waals surface area contributed by atoms with Crippen LogP contribution in [-0.2, 0) is 36.8 Å². The summed E-state index contributed by atoms with van der Waals surface area (Å²) in [6.07, 6.45) is -0.880. The number of carbonyl (C=O) groups is 3. The molecule has 0 aliphatic heterocycles. The van der Waals surface area contributed by atoms with Gasteiger partial charge in [0.25, 0.3) is 0 Å². The Kier molecular flexibility index (Phi) is 3.20. The van der Waals surface area contributed by atoms with Crippen LogP contribution in [0, 0.1) is 5.41 Å². The van der Waals surface area contributed by atoms with Crippen molar-refractivity contribution in [3.8, 4) is 0 Å². The van der Waals surface area contributed by atoms with Crippen LogP contribution < -0.4 is 5.11 Å². The molecule has 0 atom stereocenters. The van der Waals surface area contributed by atoms with Crippen molar-refractivity contribution >= 4 is 17.7 Å². The molecule has 1 aliphatic carbocycles. The van der Waals surface area contributed by atoms with Crippen molar-refractivity contribution in [3.63, 3.8) is 0 Å². The van der Waals surface area contributed by atoms with Crippen molar-refractivity contribution < 1.29 is 47.0 Å². The second-order valence-corrected chi connectivity index (χ2v) is 2.57. The smallest absolute Gasteiger partial charge is 0.549 e. The van der Waals surface area contributed by atoms with Crippen molar-refractivity contribution in [2.75, 3.05) is 0 Å². The monoisotopic (exact) mass is 264 g/mol. The molecule has 1 fully saturated rings. The van der Waals surface area contributed by atoms with Crippen LogP contribution in [-0.4, -0.2) is 22.8 Å². The van der Waals surface area contributed by atoms with Gasteiger partial charge in [-0.2, -0.15) is 0 Å². The van der Waals surface area contributed by atoms with Gasteiger partial charge >= 0.3 is 28.3 Å². The van der Waals surface area contributed by atoms with Crippen molar-refractivity contribution in [1.29, 1.82) is 0 Å². The maximum Gasteiger partial charge on any atom is 1.00 e. The third-order valence-corrected chi connectivity index (χ3v) is 1.80. The molecule has 0 radical (unpaired) electrons. The fourth-order valence-corrected chi connectivity index (χ4v) is 1.00. The van der Waals surface area contributed by atoms with Crippen LogP contribution in [0.1, 0.15) is 12.8 Å². The Morgan fingerprint density at radius 2 is 1.83 bits per heavy atom. The van der Waals surface area contributed by atoms with Crippen LogP contribution in [0.5, 0.6) is 0 Å². The first-order chi connectivity index (χ1) is 4.99. The first-order valence-corrected chi connectivity index (χ1v) is 2.95. The summed E-state index contributed by atoms with van der Waals surface area (Å²) in [5.74, 6) is -3.52. The molecule has 0 saturated heterocycles. The molecule has 6 heteroatoms. The van der Waals surface area contributed by atoms with E-state index in [9.17, 15) is 19.5 Å². The molecule has 0 heterocycles. The van der Waals surface area contributed by atoms with Crippen LogP contribution in [0.25, 0.3) is 0 Å². The van der Waals surface area contributed by atoms with E-state index in [4.69, 9.17) is 5.11 Å². The molecule has 0 spiro atoms. The van der Waals surface area contributed by atoms with E-state index in [2.05, 4.69) is 0 Å². The van der Waals surface area contributed by atoms with Gasteiger partial charge in [-0.25, -0.2) is 0 Å². The Hall–Kier alpha value is -0.650. The maximum absolute atomic E-state index is 10.4. The second kappa shape index (κ2) is 3.38. The van der Waals surface area contributed by atoms with E-state index in [1.54, 1.807) is 0 Å². The summed E-state index contributed by atoms with van der Waals surface area (Å²) in [6, 6.07) is 0. The summed E-state index contributed by atoms with van der Waals surface area (Å²) in [5.41, 5.74) is -1.93. The molecule has 1 N–H and O–H groups in total. The summed E-state index contributed by atoms with van der Waals surface area (Å²) in [6.45, 7) is 0. The number of ketones is 1. The number of carbonyl (C=O) groups excluding carboxylic acids is 2. The van der Waals surface area contributed by atoms with Gasteiger partial charge < -0.3 is 15.0 Å². The Balaban J connectivity index is 0.00000121. The molecule has 1 saturated carbocycles. The molecule has 0 aromatic heterocycles. The van der Waals surface area contributed by atoms with Gasteiger partial charge in [0.2, 0.25) is 0 Å². The average Bonchev–Trinajstić information content (AvgIpc) is 1.78. The molecule has 1 aliphatic rings. The number of carboxylic acid groups (broad SMARTS) is 2. The summed E-state index contributed by atoms with van der Waals surface area (Å²) in [7, 11) is 0. The first kappa shape index (κ1) is 11.4. The van der Waals surface area contributed by atoms with Crippen molar-refractivity contribution in [3.05, 3.63) is 0 Å². The number of hydrogen-bond acceptors (Lipinski definition) is 4. The van der Waals surface area contributed by atoms with Crippen LogP contribution in [0.3, 0.4) is 0 Å². The van der Waals surface area contributed by atoms with Crippen LogP contribution >= 0.6 is 0 Å². The van der Waals surface area contributed by atoms with E-state index >= 15 is 0 Å². The Morgan fingerprint density at radius 1 is 1.42 bits per heavy atom. The summed E-state index contributed by atoms with van der Waals surface area (Å²) >= 11 is 0. The van der Waals surface area contributed by atoms with Crippen molar-refractivity contribution in [2.45, 2.75) is 12.8 Å². The zero-order chi connectivity index (χ0) is 8.65. The predicted molar refractivity (Wildman–Crippen MR) is 29.3 cm³/mol. The number of Topliss-reactive ketones (excluding diaryl/α,β-unsaturated/α-hetero) is 1. The molecule has 0 aromatic carbocycles. The van der Waals surface area contributed by atoms with E-state index in [1.807, 2.05) is 0 Å². The zero-order valence-corrected chi connectivity index (χ0v) is 7.28. The molecule has 12 heavy (non-hydrogen) atoms. The van der Waals surface area contributed by atoms with Crippen LogP contribution in [0.2, 0.25) is 0 Å². The van der Waals surface area contributed by atoms with Crippen LogP contribution in [0.15, 0.2) is 0 Å². The number of aliphatic carboxylic acids is 2. The molecule has 0 aromatic rings. The van der Waals surface area contributed by atoms with E-state index in [0.29, 0.717) is 0 Å². The standard InChI is InChI=1S/C6H6O5.Ag/c7-3-1-6(2-3,4(8)9)5(10)11;/h1-2H2,(H,8,9)(H,10,11);/q;+1/p-1. The maximum atomic E-state index is 10.4. The summed E-state index contributed by atoms with van der Waals surface area (Å²) in [4.78, 5) is 30.9. The van der Waals surface area contributed by atoms with Crippen molar-refractivity contribution in [1.82, 2.24) is 0 Å². The Morgan fingerprint density at radius 3 is 1.92 bits per heavy atom. The van der Waals surface area contributed by atoms with Crippen molar-refractivity contribution in [2.24, 2.45) is 5.41 Å². The summed E-state index contributed by atoms with van der Waals surface area (Å²) < 4.78 is 0. The minimum atomic E-state index is -1.93. The normalized spacial score (nSPS) is 18.8. The van der Waals surface area contributed by atoms with Gasteiger partial charge in [0, 0.05) is 12.8 Å². The SMILES string of the molecule is O=C1CC(C(=O)[O-])(C(=O)O)C1.[Ag+]. The number of rotatable bonds is 2. The topological polar surface area (TPSA) is 94.5 Å². The summed E-state index contributed by atoms with van der Waals surface area (Å²) in [5, 5.41) is 18.6.